The molecule has 21 heavy (non-hydrogen) atoms. The smallest absolute Gasteiger partial charge is 0.227 e. The molecular weight excluding hydrogens is 266 g/mol. The summed E-state index contributed by atoms with van der Waals surface area (Å²) in [5, 5.41) is 8.20. The van der Waals surface area contributed by atoms with Crippen LogP contribution in [0, 0.1) is 5.92 Å². The summed E-state index contributed by atoms with van der Waals surface area (Å²) in [6.07, 6.45) is 6.04. The fourth-order valence-corrected chi connectivity index (χ4v) is 2.89. The molecule has 2 heterocycles. The molecule has 3 rings (SSSR count). The summed E-state index contributed by atoms with van der Waals surface area (Å²) >= 11 is 0. The van der Waals surface area contributed by atoms with Crippen LogP contribution in [-0.2, 0) is 4.79 Å². The molecule has 1 saturated carbocycles. The molecule has 1 fully saturated rings. The summed E-state index contributed by atoms with van der Waals surface area (Å²) in [4.78, 5) is 16.6. The number of amides is 1. The van der Waals surface area contributed by atoms with Crippen LogP contribution in [0.25, 0.3) is 11.0 Å². The van der Waals surface area contributed by atoms with Gasteiger partial charge in [0.05, 0.1) is 18.1 Å². The van der Waals surface area contributed by atoms with E-state index < -0.39 is 0 Å². The topological polar surface area (TPSA) is 85.8 Å². The van der Waals surface area contributed by atoms with Gasteiger partial charge in [0.15, 0.2) is 5.65 Å². The molecular formula is C15H21N5O. The van der Waals surface area contributed by atoms with Crippen LogP contribution in [0.1, 0.15) is 39.2 Å². The first kappa shape index (κ1) is 14.0. The van der Waals surface area contributed by atoms with Gasteiger partial charge in [-0.3, -0.25) is 4.79 Å². The van der Waals surface area contributed by atoms with Crippen LogP contribution < -0.4 is 11.1 Å². The van der Waals surface area contributed by atoms with Gasteiger partial charge >= 0.3 is 0 Å². The van der Waals surface area contributed by atoms with Gasteiger partial charge in [-0.15, -0.1) is 0 Å². The fourth-order valence-electron chi connectivity index (χ4n) is 2.89. The zero-order chi connectivity index (χ0) is 15.0. The van der Waals surface area contributed by atoms with E-state index in [2.05, 4.69) is 29.2 Å². The Hall–Kier alpha value is -1.95. The molecule has 2 unspecified atom stereocenters. The van der Waals surface area contributed by atoms with E-state index in [9.17, 15) is 4.79 Å². The minimum Gasteiger partial charge on any atom is -0.328 e. The molecule has 0 spiro atoms. The highest BCUT2D eigenvalue weighted by molar-refractivity contribution is 5.94. The van der Waals surface area contributed by atoms with E-state index >= 15 is 0 Å². The molecule has 0 radical (unpaired) electrons. The second-order valence-corrected chi connectivity index (χ2v) is 6.08. The number of nitrogens with one attached hydrogen (secondary N) is 1. The Balaban J connectivity index is 1.77. The zero-order valence-electron chi connectivity index (χ0n) is 12.4. The lowest BCUT2D eigenvalue weighted by Gasteiger charge is -2.11. The molecule has 6 nitrogen and oxygen atoms in total. The lowest BCUT2D eigenvalue weighted by atomic mass is 10.1. The predicted molar refractivity (Wildman–Crippen MR) is 81.9 cm³/mol. The molecule has 6 heteroatoms. The molecule has 1 amide bonds. The number of nitrogens with two attached hydrogens (primary N) is 1. The standard InChI is InChI=1S/C15H21N5O/c1-9(2)20-14-11(7-18-20)6-13(8-17-14)19-15(21)10-3-4-12(16)5-10/h6-10,12H,3-5,16H2,1-2H3,(H,19,21). The number of carbonyl (C=O) groups excluding carboxylic acids is 1. The van der Waals surface area contributed by atoms with Crippen molar-refractivity contribution >= 4 is 22.6 Å². The molecule has 2 aromatic heterocycles. The maximum absolute atomic E-state index is 12.2. The van der Waals surface area contributed by atoms with E-state index in [0.29, 0.717) is 0 Å². The maximum Gasteiger partial charge on any atom is 0.227 e. The van der Waals surface area contributed by atoms with Crippen LogP contribution in [0.2, 0.25) is 0 Å². The lowest BCUT2D eigenvalue weighted by Crippen LogP contribution is -2.23. The van der Waals surface area contributed by atoms with Crippen LogP contribution in [0.4, 0.5) is 5.69 Å². The Morgan fingerprint density at radius 2 is 2.24 bits per heavy atom. The van der Waals surface area contributed by atoms with Crippen molar-refractivity contribution < 1.29 is 4.79 Å². The third kappa shape index (κ3) is 2.76. The van der Waals surface area contributed by atoms with E-state index in [1.54, 1.807) is 12.4 Å². The van der Waals surface area contributed by atoms with Crippen molar-refractivity contribution in [2.75, 3.05) is 5.32 Å². The number of fused-ring (bicyclic) bond motifs is 1. The Labute approximate surface area is 123 Å². The predicted octanol–water partition coefficient (Wildman–Crippen LogP) is 2.08. The fraction of sp³-hybridized carbons (Fsp3) is 0.533. The summed E-state index contributed by atoms with van der Waals surface area (Å²) in [6.45, 7) is 4.13. The molecule has 1 aliphatic carbocycles. The minimum atomic E-state index is 0.0223. The minimum absolute atomic E-state index is 0.0223. The molecule has 3 N–H and O–H groups in total. The summed E-state index contributed by atoms with van der Waals surface area (Å²) < 4.78 is 1.87. The van der Waals surface area contributed by atoms with E-state index in [0.717, 1.165) is 36.0 Å². The Bertz CT molecular complexity index is 663. The van der Waals surface area contributed by atoms with Crippen LogP contribution >= 0.6 is 0 Å². The number of rotatable bonds is 3. The van der Waals surface area contributed by atoms with Gasteiger partial charge < -0.3 is 11.1 Å². The molecule has 0 aromatic carbocycles. The van der Waals surface area contributed by atoms with Crippen LogP contribution in [0.15, 0.2) is 18.5 Å². The SMILES string of the molecule is CC(C)n1ncc2cc(NC(=O)C3CCC(N)C3)cnc21. The van der Waals surface area contributed by atoms with E-state index in [4.69, 9.17) is 5.73 Å². The molecule has 2 aromatic rings. The van der Waals surface area contributed by atoms with Crippen molar-refractivity contribution in [1.82, 2.24) is 14.8 Å². The van der Waals surface area contributed by atoms with Gasteiger partial charge in [-0.25, -0.2) is 9.67 Å². The second-order valence-electron chi connectivity index (χ2n) is 6.08. The molecule has 112 valence electrons. The third-order valence-electron chi connectivity index (χ3n) is 4.03. The summed E-state index contributed by atoms with van der Waals surface area (Å²) in [5.41, 5.74) is 7.42. The third-order valence-corrected chi connectivity index (χ3v) is 4.03. The van der Waals surface area contributed by atoms with Crippen LogP contribution in [-0.4, -0.2) is 26.7 Å². The van der Waals surface area contributed by atoms with Crippen molar-refractivity contribution in [3.63, 3.8) is 0 Å². The zero-order valence-corrected chi connectivity index (χ0v) is 12.4. The highest BCUT2D eigenvalue weighted by atomic mass is 16.1. The first-order valence-electron chi connectivity index (χ1n) is 7.44. The summed E-state index contributed by atoms with van der Waals surface area (Å²) in [6, 6.07) is 2.34. The van der Waals surface area contributed by atoms with Gasteiger partial charge in [0.25, 0.3) is 0 Å². The van der Waals surface area contributed by atoms with Crippen LogP contribution in [0.5, 0.6) is 0 Å². The van der Waals surface area contributed by atoms with Gasteiger partial charge in [0.1, 0.15) is 0 Å². The number of aromatic nitrogens is 3. The monoisotopic (exact) mass is 287 g/mol. The first-order chi connectivity index (χ1) is 10.0. The molecule has 0 bridgehead atoms. The highest BCUT2D eigenvalue weighted by Gasteiger charge is 2.27. The number of nitrogens with zero attached hydrogens (tertiary/aromatic N) is 3. The lowest BCUT2D eigenvalue weighted by molar-refractivity contribution is -0.119. The Morgan fingerprint density at radius 3 is 2.90 bits per heavy atom. The Morgan fingerprint density at radius 1 is 1.43 bits per heavy atom. The Kier molecular flexibility index (Phi) is 3.63. The van der Waals surface area contributed by atoms with Gasteiger partial charge in [-0.1, -0.05) is 0 Å². The maximum atomic E-state index is 12.2. The van der Waals surface area contributed by atoms with Gasteiger partial charge in [0.2, 0.25) is 5.91 Å². The number of hydrogen-bond acceptors (Lipinski definition) is 4. The summed E-state index contributed by atoms with van der Waals surface area (Å²) in [5.74, 6) is 0.0643. The largest absolute Gasteiger partial charge is 0.328 e. The van der Waals surface area contributed by atoms with Crippen molar-refractivity contribution in [1.29, 1.82) is 0 Å². The summed E-state index contributed by atoms with van der Waals surface area (Å²) in [7, 11) is 0. The number of pyridine rings is 1. The van der Waals surface area contributed by atoms with Crippen molar-refractivity contribution in [3.05, 3.63) is 18.5 Å². The van der Waals surface area contributed by atoms with Gasteiger partial charge in [-0.2, -0.15) is 5.10 Å². The first-order valence-corrected chi connectivity index (χ1v) is 7.44. The number of hydrogen-bond donors (Lipinski definition) is 2. The van der Waals surface area contributed by atoms with Gasteiger partial charge in [-0.05, 0) is 39.2 Å². The normalized spacial score (nSPS) is 22.1. The number of carbonyl (C=O) groups is 1. The van der Waals surface area contributed by atoms with E-state index in [-0.39, 0.29) is 23.9 Å². The molecule has 0 aliphatic heterocycles. The van der Waals surface area contributed by atoms with Crippen molar-refractivity contribution in [2.45, 2.75) is 45.2 Å². The van der Waals surface area contributed by atoms with Crippen molar-refractivity contribution in [2.24, 2.45) is 11.7 Å². The molecule has 0 saturated heterocycles. The van der Waals surface area contributed by atoms with Crippen LogP contribution in [0.3, 0.4) is 0 Å². The second kappa shape index (κ2) is 5.44. The quantitative estimate of drug-likeness (QED) is 0.905. The highest BCUT2D eigenvalue weighted by Crippen LogP contribution is 2.26. The molecule has 1 aliphatic rings. The number of anilines is 1. The van der Waals surface area contributed by atoms with E-state index in [1.165, 1.54) is 0 Å². The molecule has 2 atom stereocenters. The average molecular weight is 287 g/mol. The average Bonchev–Trinajstić information content (AvgIpc) is 3.04. The van der Waals surface area contributed by atoms with E-state index in [1.807, 2.05) is 10.7 Å². The van der Waals surface area contributed by atoms with Gasteiger partial charge in [0, 0.05) is 23.4 Å². The van der Waals surface area contributed by atoms with Crippen molar-refractivity contribution in [3.8, 4) is 0 Å².